The van der Waals surface area contributed by atoms with Crippen molar-refractivity contribution in [3.63, 3.8) is 0 Å². The molecule has 0 saturated heterocycles. The van der Waals surface area contributed by atoms with Gasteiger partial charge >= 0.3 is 6.18 Å². The molecule has 0 fully saturated rings. The average molecular weight is 411 g/mol. The van der Waals surface area contributed by atoms with Gasteiger partial charge < -0.3 is 15.4 Å². The van der Waals surface area contributed by atoms with Gasteiger partial charge in [-0.05, 0) is 36.2 Å². The van der Waals surface area contributed by atoms with E-state index in [0.717, 1.165) is 12.1 Å². The smallest absolute Gasteiger partial charge is 0.383 e. The molecule has 0 aliphatic rings. The molecule has 0 heterocycles. The summed E-state index contributed by atoms with van der Waals surface area (Å²) in [7, 11) is 1.51. The van der Waals surface area contributed by atoms with Crippen LogP contribution < -0.4 is 10.6 Å². The number of halogens is 3. The first-order chi connectivity index (χ1) is 13.7. The SMILES string of the molecule is COCCNc1ccc(C(=O)NCCc2ccc(C(F)(F)F)cc2)cc1[N+](=O)[O-]. The lowest BCUT2D eigenvalue weighted by Gasteiger charge is -2.10. The quantitative estimate of drug-likeness (QED) is 0.373. The second kappa shape index (κ2) is 9.87. The molecule has 156 valence electrons. The van der Waals surface area contributed by atoms with Crippen molar-refractivity contribution < 1.29 is 27.6 Å². The Labute approximate surface area is 165 Å². The highest BCUT2D eigenvalue weighted by molar-refractivity contribution is 5.95. The zero-order valence-electron chi connectivity index (χ0n) is 15.6. The standard InChI is InChI=1S/C19H20F3N3O4/c1-29-11-10-23-16-7-4-14(12-17(16)25(27)28)18(26)24-9-8-13-2-5-15(6-3-13)19(20,21)22/h2-7,12,23H,8-11H2,1H3,(H,24,26). The topological polar surface area (TPSA) is 93.5 Å². The minimum atomic E-state index is -4.40. The van der Waals surface area contributed by atoms with Crippen LogP contribution in [0.2, 0.25) is 0 Å². The Morgan fingerprint density at radius 1 is 1.14 bits per heavy atom. The van der Waals surface area contributed by atoms with Gasteiger partial charge in [0.1, 0.15) is 5.69 Å². The van der Waals surface area contributed by atoms with Crippen molar-refractivity contribution in [2.24, 2.45) is 0 Å². The lowest BCUT2D eigenvalue weighted by Crippen LogP contribution is -2.25. The van der Waals surface area contributed by atoms with Gasteiger partial charge in [0, 0.05) is 31.8 Å². The number of anilines is 1. The molecule has 0 radical (unpaired) electrons. The third-order valence-corrected chi connectivity index (χ3v) is 4.06. The van der Waals surface area contributed by atoms with Crippen LogP contribution in [0.1, 0.15) is 21.5 Å². The molecule has 1 amide bonds. The van der Waals surface area contributed by atoms with Crippen LogP contribution in [-0.2, 0) is 17.3 Å². The number of nitrogens with one attached hydrogen (secondary N) is 2. The van der Waals surface area contributed by atoms with E-state index in [4.69, 9.17) is 4.74 Å². The first kappa shape index (κ1) is 22.2. The molecule has 2 aromatic rings. The number of methoxy groups -OCH3 is 1. The first-order valence-corrected chi connectivity index (χ1v) is 8.68. The normalized spacial score (nSPS) is 11.2. The summed E-state index contributed by atoms with van der Waals surface area (Å²) in [6.07, 6.45) is -4.07. The summed E-state index contributed by atoms with van der Waals surface area (Å²) in [5.74, 6) is -0.511. The predicted octanol–water partition coefficient (Wildman–Crippen LogP) is 3.64. The number of carbonyl (C=O) groups excluding carboxylic acids is 1. The highest BCUT2D eigenvalue weighted by Crippen LogP contribution is 2.29. The molecule has 0 atom stereocenters. The fraction of sp³-hybridized carbons (Fsp3) is 0.316. The Kier molecular flexibility index (Phi) is 7.54. The maximum atomic E-state index is 12.6. The lowest BCUT2D eigenvalue weighted by atomic mass is 10.1. The molecule has 0 saturated carbocycles. The molecular weight excluding hydrogens is 391 g/mol. The van der Waals surface area contributed by atoms with Crippen molar-refractivity contribution >= 4 is 17.3 Å². The highest BCUT2D eigenvalue weighted by atomic mass is 19.4. The molecule has 2 aromatic carbocycles. The van der Waals surface area contributed by atoms with E-state index in [2.05, 4.69) is 10.6 Å². The van der Waals surface area contributed by atoms with Crippen molar-refractivity contribution in [2.45, 2.75) is 12.6 Å². The Hall–Kier alpha value is -3.14. The lowest BCUT2D eigenvalue weighted by molar-refractivity contribution is -0.384. The van der Waals surface area contributed by atoms with E-state index in [1.165, 1.54) is 37.4 Å². The maximum Gasteiger partial charge on any atom is 0.416 e. The second-order valence-electron chi connectivity index (χ2n) is 6.11. The van der Waals surface area contributed by atoms with Crippen LogP contribution in [0.15, 0.2) is 42.5 Å². The van der Waals surface area contributed by atoms with E-state index in [-0.39, 0.29) is 23.5 Å². The number of alkyl halides is 3. The van der Waals surface area contributed by atoms with Gasteiger partial charge in [-0.2, -0.15) is 13.2 Å². The predicted molar refractivity (Wildman–Crippen MR) is 101 cm³/mol. The third-order valence-electron chi connectivity index (χ3n) is 4.06. The summed E-state index contributed by atoms with van der Waals surface area (Å²) >= 11 is 0. The van der Waals surface area contributed by atoms with Crippen molar-refractivity contribution in [1.29, 1.82) is 0 Å². The number of benzene rings is 2. The molecule has 7 nitrogen and oxygen atoms in total. The highest BCUT2D eigenvalue weighted by Gasteiger charge is 2.29. The summed E-state index contributed by atoms with van der Waals surface area (Å²) < 4.78 is 42.5. The zero-order valence-corrected chi connectivity index (χ0v) is 15.6. The van der Waals surface area contributed by atoms with E-state index in [1.54, 1.807) is 0 Å². The van der Waals surface area contributed by atoms with Crippen LogP contribution in [0.25, 0.3) is 0 Å². The molecule has 29 heavy (non-hydrogen) atoms. The molecule has 2 N–H and O–H groups in total. The van der Waals surface area contributed by atoms with Crippen LogP contribution in [0, 0.1) is 10.1 Å². The van der Waals surface area contributed by atoms with Gasteiger partial charge in [-0.15, -0.1) is 0 Å². The van der Waals surface area contributed by atoms with Crippen molar-refractivity contribution in [2.75, 3.05) is 32.1 Å². The van der Waals surface area contributed by atoms with Gasteiger partial charge in [0.25, 0.3) is 11.6 Å². The molecule has 0 bridgehead atoms. The fourth-order valence-electron chi connectivity index (χ4n) is 2.54. The Bertz CT molecular complexity index is 855. The number of nitrogens with zero attached hydrogens (tertiary/aromatic N) is 1. The molecule has 0 aromatic heterocycles. The van der Waals surface area contributed by atoms with Crippen LogP contribution in [0.3, 0.4) is 0 Å². The minimum absolute atomic E-state index is 0.112. The van der Waals surface area contributed by atoms with Gasteiger partial charge in [-0.25, -0.2) is 0 Å². The average Bonchev–Trinajstić information content (AvgIpc) is 2.68. The molecule has 0 aliphatic carbocycles. The number of nitro groups is 1. The fourth-order valence-corrected chi connectivity index (χ4v) is 2.54. The number of hydrogen-bond donors (Lipinski definition) is 2. The van der Waals surface area contributed by atoms with E-state index in [0.29, 0.717) is 25.1 Å². The first-order valence-electron chi connectivity index (χ1n) is 8.68. The molecule has 0 spiro atoms. The van der Waals surface area contributed by atoms with Crippen LogP contribution in [0.4, 0.5) is 24.5 Å². The number of nitro benzene ring substituents is 1. The van der Waals surface area contributed by atoms with Crippen molar-refractivity contribution in [3.05, 3.63) is 69.3 Å². The maximum absolute atomic E-state index is 12.6. The molecule has 0 aliphatic heterocycles. The Morgan fingerprint density at radius 2 is 1.83 bits per heavy atom. The molecule has 2 rings (SSSR count). The summed E-state index contributed by atoms with van der Waals surface area (Å²) in [5, 5.41) is 16.7. The van der Waals surface area contributed by atoms with Crippen LogP contribution in [0.5, 0.6) is 0 Å². The summed E-state index contributed by atoms with van der Waals surface area (Å²) in [6, 6.07) is 8.73. The van der Waals surface area contributed by atoms with Gasteiger partial charge in [0.05, 0.1) is 17.1 Å². The number of hydrogen-bond acceptors (Lipinski definition) is 5. The zero-order chi connectivity index (χ0) is 21.4. The van der Waals surface area contributed by atoms with Gasteiger partial charge in [-0.1, -0.05) is 12.1 Å². The number of carbonyl (C=O) groups is 1. The van der Waals surface area contributed by atoms with Gasteiger partial charge in [-0.3, -0.25) is 14.9 Å². The molecule has 10 heteroatoms. The third kappa shape index (κ3) is 6.46. The van der Waals surface area contributed by atoms with Crippen LogP contribution >= 0.6 is 0 Å². The van der Waals surface area contributed by atoms with Crippen molar-refractivity contribution in [1.82, 2.24) is 5.32 Å². The number of amides is 1. The minimum Gasteiger partial charge on any atom is -0.383 e. The number of rotatable bonds is 9. The molecular formula is C19H20F3N3O4. The summed E-state index contributed by atoms with van der Waals surface area (Å²) in [5.41, 5.74) is 0.0324. The van der Waals surface area contributed by atoms with E-state index in [9.17, 15) is 28.1 Å². The Balaban J connectivity index is 1.96. The van der Waals surface area contributed by atoms with E-state index in [1.807, 2.05) is 0 Å². The summed E-state index contributed by atoms with van der Waals surface area (Å²) in [6.45, 7) is 0.908. The van der Waals surface area contributed by atoms with E-state index >= 15 is 0 Å². The largest absolute Gasteiger partial charge is 0.416 e. The van der Waals surface area contributed by atoms with Crippen LogP contribution in [-0.4, -0.2) is 37.6 Å². The van der Waals surface area contributed by atoms with Gasteiger partial charge in [0.2, 0.25) is 0 Å². The monoisotopic (exact) mass is 411 g/mol. The van der Waals surface area contributed by atoms with Gasteiger partial charge in [0.15, 0.2) is 0 Å². The number of ether oxygens (including phenoxy) is 1. The molecule has 0 unspecified atom stereocenters. The van der Waals surface area contributed by atoms with Crippen molar-refractivity contribution in [3.8, 4) is 0 Å². The second-order valence-corrected chi connectivity index (χ2v) is 6.11. The Morgan fingerprint density at radius 3 is 2.41 bits per heavy atom. The van der Waals surface area contributed by atoms with E-state index < -0.39 is 22.6 Å². The summed E-state index contributed by atoms with van der Waals surface area (Å²) in [4.78, 5) is 22.9.